The first-order chi connectivity index (χ1) is 7.35. The Morgan fingerprint density at radius 1 is 1.31 bits per heavy atom. The quantitative estimate of drug-likeness (QED) is 0.293. The second-order valence-electron chi connectivity index (χ2n) is 4.87. The Bertz CT molecular complexity index is 211. The average Bonchev–Trinajstić information content (AvgIpc) is 2.14. The van der Waals surface area contributed by atoms with Gasteiger partial charge in [-0.25, -0.2) is 0 Å². The second-order valence-corrected chi connectivity index (χ2v) is 4.87. The summed E-state index contributed by atoms with van der Waals surface area (Å²) >= 11 is 0. The van der Waals surface area contributed by atoms with Crippen molar-refractivity contribution < 1.29 is 4.74 Å². The smallest absolute Gasteiger partial charge is 0.145 e. The van der Waals surface area contributed by atoms with Gasteiger partial charge in [-0.05, 0) is 40.2 Å². The number of hydrazone groups is 1. The van der Waals surface area contributed by atoms with Gasteiger partial charge in [-0.3, -0.25) is 5.01 Å². The van der Waals surface area contributed by atoms with E-state index in [1.807, 2.05) is 32.8 Å². The van der Waals surface area contributed by atoms with Gasteiger partial charge in [-0.2, -0.15) is 5.10 Å². The van der Waals surface area contributed by atoms with Crippen LogP contribution in [0.3, 0.4) is 0 Å². The van der Waals surface area contributed by atoms with Crippen LogP contribution in [0.25, 0.3) is 0 Å². The van der Waals surface area contributed by atoms with Crippen molar-refractivity contribution in [2.24, 2.45) is 16.6 Å². The Kier molecular flexibility index (Phi) is 7.08. The number of hydrogen-bond donors (Lipinski definition) is 2. The lowest BCUT2D eigenvalue weighted by atomic mass is 10.2. The zero-order valence-electron chi connectivity index (χ0n) is 11.0. The highest BCUT2D eigenvalue weighted by Crippen LogP contribution is 2.05. The van der Waals surface area contributed by atoms with Gasteiger partial charge >= 0.3 is 0 Å². The Morgan fingerprint density at radius 2 is 1.94 bits per heavy atom. The highest BCUT2D eigenvalue weighted by atomic mass is 16.5. The fourth-order valence-corrected chi connectivity index (χ4v) is 1.07. The molecule has 5 heteroatoms. The number of amidine groups is 1. The minimum Gasteiger partial charge on any atom is -0.384 e. The van der Waals surface area contributed by atoms with Crippen LogP contribution in [-0.4, -0.2) is 43.2 Å². The molecule has 0 fully saturated rings. The molecule has 0 atom stereocenters. The van der Waals surface area contributed by atoms with E-state index in [4.69, 9.17) is 16.2 Å². The SMILES string of the molecule is CN(CCCCN)N=C(N)COC(C)(C)C. The molecule has 0 aromatic carbocycles. The minimum atomic E-state index is -0.182. The zero-order valence-corrected chi connectivity index (χ0v) is 11.0. The summed E-state index contributed by atoms with van der Waals surface area (Å²) in [6.45, 7) is 7.93. The van der Waals surface area contributed by atoms with Crippen LogP contribution in [0.4, 0.5) is 0 Å². The fraction of sp³-hybridized carbons (Fsp3) is 0.909. The van der Waals surface area contributed by atoms with Crippen LogP contribution < -0.4 is 11.5 Å². The molecule has 0 saturated heterocycles. The molecule has 16 heavy (non-hydrogen) atoms. The lowest BCUT2D eigenvalue weighted by Gasteiger charge is -2.20. The van der Waals surface area contributed by atoms with Gasteiger partial charge in [0.25, 0.3) is 0 Å². The molecule has 0 heterocycles. The van der Waals surface area contributed by atoms with Crippen LogP contribution in [0, 0.1) is 0 Å². The number of unbranched alkanes of at least 4 members (excludes halogenated alkanes) is 1. The number of nitrogens with zero attached hydrogens (tertiary/aromatic N) is 2. The molecule has 0 saturated carbocycles. The first-order valence-electron chi connectivity index (χ1n) is 5.73. The third-order valence-corrected chi connectivity index (χ3v) is 1.89. The molecule has 0 aliphatic rings. The van der Waals surface area contributed by atoms with Gasteiger partial charge in [-0.15, -0.1) is 0 Å². The summed E-state index contributed by atoms with van der Waals surface area (Å²) in [7, 11) is 1.90. The van der Waals surface area contributed by atoms with Crippen molar-refractivity contribution in [3.05, 3.63) is 0 Å². The molecule has 0 rings (SSSR count). The summed E-state index contributed by atoms with van der Waals surface area (Å²) in [5, 5.41) is 6.04. The van der Waals surface area contributed by atoms with Crippen molar-refractivity contribution in [1.29, 1.82) is 0 Å². The Labute approximate surface area is 98.8 Å². The largest absolute Gasteiger partial charge is 0.384 e. The van der Waals surface area contributed by atoms with Gasteiger partial charge in [0.05, 0.1) is 5.60 Å². The van der Waals surface area contributed by atoms with E-state index in [0.29, 0.717) is 12.4 Å². The molecule has 5 nitrogen and oxygen atoms in total. The maximum absolute atomic E-state index is 5.74. The third-order valence-electron chi connectivity index (χ3n) is 1.89. The number of rotatable bonds is 7. The topological polar surface area (TPSA) is 76.9 Å². The van der Waals surface area contributed by atoms with Gasteiger partial charge in [0.2, 0.25) is 0 Å². The summed E-state index contributed by atoms with van der Waals surface area (Å²) in [6, 6.07) is 0. The van der Waals surface area contributed by atoms with E-state index in [9.17, 15) is 0 Å². The van der Waals surface area contributed by atoms with E-state index in [0.717, 1.165) is 25.9 Å². The molecule has 0 amide bonds. The molecule has 0 aromatic heterocycles. The molecule has 0 unspecified atom stereocenters. The zero-order chi connectivity index (χ0) is 12.6. The van der Waals surface area contributed by atoms with Crippen LogP contribution >= 0.6 is 0 Å². The lowest BCUT2D eigenvalue weighted by molar-refractivity contribution is 0.0204. The summed E-state index contributed by atoms with van der Waals surface area (Å²) < 4.78 is 5.52. The predicted molar refractivity (Wildman–Crippen MR) is 68.2 cm³/mol. The van der Waals surface area contributed by atoms with Gasteiger partial charge < -0.3 is 16.2 Å². The second kappa shape index (κ2) is 7.46. The number of ether oxygens (including phenoxy) is 1. The number of hydrogen-bond acceptors (Lipinski definition) is 4. The molecule has 0 aliphatic carbocycles. The normalized spacial score (nSPS) is 12.9. The predicted octanol–water partition coefficient (Wildman–Crippen LogP) is 0.744. The fourth-order valence-electron chi connectivity index (χ4n) is 1.07. The summed E-state index contributed by atoms with van der Waals surface area (Å²) in [5.74, 6) is 0.505. The van der Waals surface area contributed by atoms with E-state index in [1.54, 1.807) is 0 Å². The first-order valence-corrected chi connectivity index (χ1v) is 5.73. The summed E-state index contributed by atoms with van der Waals surface area (Å²) in [6.07, 6.45) is 2.04. The van der Waals surface area contributed by atoms with E-state index in [1.165, 1.54) is 0 Å². The van der Waals surface area contributed by atoms with Crippen LogP contribution in [0.2, 0.25) is 0 Å². The van der Waals surface area contributed by atoms with E-state index < -0.39 is 0 Å². The monoisotopic (exact) mass is 230 g/mol. The van der Waals surface area contributed by atoms with Crippen LogP contribution in [0.5, 0.6) is 0 Å². The molecular weight excluding hydrogens is 204 g/mol. The van der Waals surface area contributed by atoms with Gasteiger partial charge in [0.1, 0.15) is 12.4 Å². The molecule has 0 aliphatic heterocycles. The van der Waals surface area contributed by atoms with Gasteiger partial charge in [0.15, 0.2) is 0 Å². The van der Waals surface area contributed by atoms with Crippen molar-refractivity contribution >= 4 is 5.84 Å². The Balaban J connectivity index is 3.83. The maximum Gasteiger partial charge on any atom is 0.145 e. The molecule has 0 radical (unpaired) electrons. The average molecular weight is 230 g/mol. The van der Waals surface area contributed by atoms with Crippen molar-refractivity contribution in [1.82, 2.24) is 5.01 Å². The third kappa shape index (κ3) is 9.73. The highest BCUT2D eigenvalue weighted by Gasteiger charge is 2.10. The Hall–Kier alpha value is -0.810. The van der Waals surface area contributed by atoms with E-state index in [2.05, 4.69) is 5.10 Å². The van der Waals surface area contributed by atoms with Crippen LogP contribution in [-0.2, 0) is 4.74 Å². The van der Waals surface area contributed by atoms with Crippen LogP contribution in [0.1, 0.15) is 33.6 Å². The van der Waals surface area contributed by atoms with E-state index >= 15 is 0 Å². The Morgan fingerprint density at radius 3 is 2.44 bits per heavy atom. The van der Waals surface area contributed by atoms with E-state index in [-0.39, 0.29) is 5.60 Å². The van der Waals surface area contributed by atoms with Crippen LogP contribution in [0.15, 0.2) is 5.10 Å². The van der Waals surface area contributed by atoms with Crippen molar-refractivity contribution in [2.75, 3.05) is 26.7 Å². The van der Waals surface area contributed by atoms with Crippen molar-refractivity contribution in [3.8, 4) is 0 Å². The van der Waals surface area contributed by atoms with Crippen molar-refractivity contribution in [2.45, 2.75) is 39.2 Å². The molecule has 0 spiro atoms. The van der Waals surface area contributed by atoms with Gasteiger partial charge in [-0.1, -0.05) is 0 Å². The maximum atomic E-state index is 5.74. The molecule has 0 bridgehead atoms. The summed E-state index contributed by atoms with van der Waals surface area (Å²) in [4.78, 5) is 0. The molecule has 0 aromatic rings. The standard InChI is InChI=1S/C11H26N4O/c1-11(2,3)16-9-10(13)14-15(4)8-6-5-7-12/h5-9,12H2,1-4H3,(H2,13,14). The van der Waals surface area contributed by atoms with Gasteiger partial charge in [0, 0.05) is 13.6 Å². The number of nitrogens with two attached hydrogens (primary N) is 2. The lowest BCUT2D eigenvalue weighted by Crippen LogP contribution is -2.30. The highest BCUT2D eigenvalue weighted by molar-refractivity contribution is 5.81. The summed E-state index contributed by atoms with van der Waals surface area (Å²) in [5.41, 5.74) is 11.0. The molecular formula is C11H26N4O. The molecule has 4 N–H and O–H groups in total. The van der Waals surface area contributed by atoms with Crippen molar-refractivity contribution in [3.63, 3.8) is 0 Å². The first kappa shape index (κ1) is 15.2. The minimum absolute atomic E-state index is 0.182. The molecule has 96 valence electrons.